The summed E-state index contributed by atoms with van der Waals surface area (Å²) in [4.78, 5) is 11.3. The molecule has 0 bridgehead atoms. The molecule has 0 fully saturated rings. The topological polar surface area (TPSA) is 61.5 Å². The molecular formula is C12H15NO3. The highest BCUT2D eigenvalue weighted by atomic mass is 16.5. The number of aryl methyl sites for hydroxylation is 1. The Morgan fingerprint density at radius 2 is 2.44 bits per heavy atom. The molecule has 16 heavy (non-hydrogen) atoms. The highest BCUT2D eigenvalue weighted by Crippen LogP contribution is 2.28. The zero-order valence-electron chi connectivity index (χ0n) is 9.23. The number of carbonyl (C=O) groups excluding carboxylic acids is 1. The van der Waals surface area contributed by atoms with Crippen molar-refractivity contribution in [3.63, 3.8) is 0 Å². The molecule has 1 aliphatic heterocycles. The summed E-state index contributed by atoms with van der Waals surface area (Å²) in [5.74, 6) is 0.512. The Labute approximate surface area is 94.3 Å². The maximum Gasteiger partial charge on any atom is 0.337 e. The van der Waals surface area contributed by atoms with E-state index in [1.54, 1.807) is 6.07 Å². The second kappa shape index (κ2) is 4.53. The van der Waals surface area contributed by atoms with Gasteiger partial charge in [-0.15, -0.1) is 0 Å². The lowest BCUT2D eigenvalue weighted by atomic mass is 10.00. The Hall–Kier alpha value is -1.55. The van der Waals surface area contributed by atoms with Crippen molar-refractivity contribution < 1.29 is 14.3 Å². The first-order valence-corrected chi connectivity index (χ1v) is 5.32. The second-order valence-electron chi connectivity index (χ2n) is 3.83. The van der Waals surface area contributed by atoms with Gasteiger partial charge in [-0.1, -0.05) is 0 Å². The Morgan fingerprint density at radius 3 is 3.12 bits per heavy atom. The van der Waals surface area contributed by atoms with Crippen LogP contribution in [0.5, 0.6) is 5.75 Å². The van der Waals surface area contributed by atoms with E-state index in [9.17, 15) is 4.79 Å². The number of hydrogen-bond donors (Lipinski definition) is 1. The molecule has 1 atom stereocenters. The number of ether oxygens (including phenoxy) is 2. The van der Waals surface area contributed by atoms with Gasteiger partial charge >= 0.3 is 5.97 Å². The van der Waals surface area contributed by atoms with Crippen molar-refractivity contribution in [1.29, 1.82) is 0 Å². The Bertz CT molecular complexity index is 403. The quantitative estimate of drug-likeness (QED) is 0.760. The minimum atomic E-state index is -0.316. The van der Waals surface area contributed by atoms with Gasteiger partial charge in [0.2, 0.25) is 0 Å². The molecule has 0 radical (unpaired) electrons. The van der Waals surface area contributed by atoms with Crippen molar-refractivity contribution in [1.82, 2.24) is 0 Å². The molecule has 0 aliphatic carbocycles. The molecule has 0 amide bonds. The van der Waals surface area contributed by atoms with Gasteiger partial charge in [0.15, 0.2) is 0 Å². The van der Waals surface area contributed by atoms with Crippen LogP contribution in [-0.2, 0) is 11.2 Å². The van der Waals surface area contributed by atoms with Gasteiger partial charge in [-0.05, 0) is 36.6 Å². The molecule has 1 aromatic rings. The number of hydrogen-bond acceptors (Lipinski definition) is 4. The van der Waals surface area contributed by atoms with Crippen molar-refractivity contribution >= 4 is 5.97 Å². The molecule has 1 aromatic carbocycles. The number of nitrogens with two attached hydrogens (primary N) is 1. The predicted octanol–water partition coefficient (Wildman–Crippen LogP) is 1.13. The summed E-state index contributed by atoms with van der Waals surface area (Å²) in [6, 6.07) is 5.35. The Balaban J connectivity index is 2.24. The summed E-state index contributed by atoms with van der Waals surface area (Å²) in [7, 11) is 1.38. The normalized spacial score (nSPS) is 18.5. The number of esters is 1. The molecule has 0 spiro atoms. The van der Waals surface area contributed by atoms with Gasteiger partial charge < -0.3 is 15.2 Å². The monoisotopic (exact) mass is 221 g/mol. The standard InChI is InChI=1S/C12H15NO3/c1-15-12(14)9-3-5-11-8(6-9)2-4-10(7-13)16-11/h3,5-6,10H,2,4,7,13H2,1H3. The van der Waals surface area contributed by atoms with Crippen LogP contribution < -0.4 is 10.5 Å². The van der Waals surface area contributed by atoms with E-state index in [0.29, 0.717) is 12.1 Å². The number of rotatable bonds is 2. The van der Waals surface area contributed by atoms with Gasteiger partial charge in [-0.25, -0.2) is 4.79 Å². The van der Waals surface area contributed by atoms with E-state index in [-0.39, 0.29) is 12.1 Å². The molecule has 0 aromatic heterocycles. The minimum absolute atomic E-state index is 0.0940. The number of methoxy groups -OCH3 is 1. The summed E-state index contributed by atoms with van der Waals surface area (Å²) < 4.78 is 10.3. The first-order chi connectivity index (χ1) is 7.74. The fraction of sp³-hybridized carbons (Fsp3) is 0.417. The van der Waals surface area contributed by atoms with E-state index >= 15 is 0 Å². The van der Waals surface area contributed by atoms with Gasteiger partial charge in [0, 0.05) is 6.54 Å². The molecular weight excluding hydrogens is 206 g/mol. The van der Waals surface area contributed by atoms with E-state index in [1.807, 2.05) is 12.1 Å². The lowest BCUT2D eigenvalue weighted by Crippen LogP contribution is -2.30. The molecule has 1 unspecified atom stereocenters. The minimum Gasteiger partial charge on any atom is -0.489 e. The number of carbonyl (C=O) groups is 1. The van der Waals surface area contributed by atoms with Crippen molar-refractivity contribution in [2.24, 2.45) is 5.73 Å². The molecule has 2 N–H and O–H groups in total. The van der Waals surface area contributed by atoms with E-state index in [2.05, 4.69) is 4.74 Å². The highest BCUT2D eigenvalue weighted by Gasteiger charge is 2.19. The van der Waals surface area contributed by atoms with Crippen LogP contribution in [0.4, 0.5) is 0 Å². The van der Waals surface area contributed by atoms with Crippen molar-refractivity contribution in [2.75, 3.05) is 13.7 Å². The molecule has 0 saturated carbocycles. The predicted molar refractivity (Wildman–Crippen MR) is 59.6 cm³/mol. The average molecular weight is 221 g/mol. The maximum absolute atomic E-state index is 11.3. The smallest absolute Gasteiger partial charge is 0.337 e. The van der Waals surface area contributed by atoms with Crippen molar-refractivity contribution in [2.45, 2.75) is 18.9 Å². The van der Waals surface area contributed by atoms with Crippen LogP contribution in [0.25, 0.3) is 0 Å². The molecule has 0 saturated heterocycles. The maximum atomic E-state index is 11.3. The van der Waals surface area contributed by atoms with E-state index in [1.165, 1.54) is 7.11 Å². The first kappa shape index (κ1) is 11.0. The van der Waals surface area contributed by atoms with Crippen LogP contribution >= 0.6 is 0 Å². The third kappa shape index (κ3) is 2.02. The SMILES string of the molecule is COC(=O)c1ccc2c(c1)CCC(CN)O2. The first-order valence-electron chi connectivity index (χ1n) is 5.32. The van der Waals surface area contributed by atoms with E-state index in [4.69, 9.17) is 10.5 Å². The van der Waals surface area contributed by atoms with Gasteiger partial charge in [-0.2, -0.15) is 0 Å². The summed E-state index contributed by atoms with van der Waals surface area (Å²) in [5, 5.41) is 0. The summed E-state index contributed by atoms with van der Waals surface area (Å²) >= 11 is 0. The fourth-order valence-electron chi connectivity index (χ4n) is 1.86. The van der Waals surface area contributed by atoms with Crippen molar-refractivity contribution in [3.05, 3.63) is 29.3 Å². The molecule has 1 aliphatic rings. The Kier molecular flexibility index (Phi) is 3.10. The largest absolute Gasteiger partial charge is 0.489 e. The third-order valence-corrected chi connectivity index (χ3v) is 2.77. The highest BCUT2D eigenvalue weighted by molar-refractivity contribution is 5.89. The zero-order valence-corrected chi connectivity index (χ0v) is 9.23. The molecule has 1 heterocycles. The Morgan fingerprint density at radius 1 is 1.62 bits per heavy atom. The molecule has 86 valence electrons. The second-order valence-corrected chi connectivity index (χ2v) is 3.83. The van der Waals surface area contributed by atoms with Gasteiger partial charge in [0.1, 0.15) is 11.9 Å². The fourth-order valence-corrected chi connectivity index (χ4v) is 1.86. The van der Waals surface area contributed by atoms with E-state index in [0.717, 1.165) is 24.2 Å². The van der Waals surface area contributed by atoms with Crippen LogP contribution in [0, 0.1) is 0 Å². The van der Waals surface area contributed by atoms with Crippen LogP contribution in [-0.4, -0.2) is 25.7 Å². The summed E-state index contributed by atoms with van der Waals surface area (Å²) in [5.41, 5.74) is 7.18. The van der Waals surface area contributed by atoms with Crippen LogP contribution in [0.3, 0.4) is 0 Å². The van der Waals surface area contributed by atoms with Crippen LogP contribution in [0.15, 0.2) is 18.2 Å². The number of benzene rings is 1. The van der Waals surface area contributed by atoms with E-state index < -0.39 is 0 Å². The van der Waals surface area contributed by atoms with Gasteiger partial charge in [0.25, 0.3) is 0 Å². The molecule has 4 heteroatoms. The number of fused-ring (bicyclic) bond motifs is 1. The summed E-state index contributed by atoms with van der Waals surface area (Å²) in [6.45, 7) is 0.526. The van der Waals surface area contributed by atoms with Crippen molar-refractivity contribution in [3.8, 4) is 5.75 Å². The average Bonchev–Trinajstić information content (AvgIpc) is 2.36. The molecule has 4 nitrogen and oxygen atoms in total. The van der Waals surface area contributed by atoms with Crippen LogP contribution in [0.2, 0.25) is 0 Å². The lowest BCUT2D eigenvalue weighted by molar-refractivity contribution is 0.0600. The molecule has 2 rings (SSSR count). The zero-order chi connectivity index (χ0) is 11.5. The van der Waals surface area contributed by atoms with Crippen LogP contribution in [0.1, 0.15) is 22.3 Å². The van der Waals surface area contributed by atoms with Gasteiger partial charge in [0.05, 0.1) is 12.7 Å². The lowest BCUT2D eigenvalue weighted by Gasteiger charge is -2.25. The third-order valence-electron chi connectivity index (χ3n) is 2.77. The van der Waals surface area contributed by atoms with Gasteiger partial charge in [-0.3, -0.25) is 0 Å². The summed E-state index contributed by atoms with van der Waals surface area (Å²) in [6.07, 6.45) is 1.88.